The Morgan fingerprint density at radius 2 is 2.33 bits per heavy atom. The summed E-state index contributed by atoms with van der Waals surface area (Å²) >= 11 is -2.36. The summed E-state index contributed by atoms with van der Waals surface area (Å²) in [4.78, 5) is 0. The number of rotatable bonds is 2. The minimum absolute atomic E-state index is 0.424. The van der Waals surface area contributed by atoms with Crippen LogP contribution in [-0.2, 0) is 15.5 Å². The van der Waals surface area contributed by atoms with E-state index in [1.54, 1.807) is 6.92 Å². The van der Waals surface area contributed by atoms with Gasteiger partial charge in [-0.3, -0.25) is 8.74 Å². The van der Waals surface area contributed by atoms with Crippen LogP contribution in [0.1, 0.15) is 32.6 Å². The summed E-state index contributed by atoms with van der Waals surface area (Å²) in [6.07, 6.45) is 1.50. The minimum atomic E-state index is -2.36. The van der Waals surface area contributed by atoms with Gasteiger partial charge < -0.3 is 0 Å². The fourth-order valence-electron chi connectivity index (χ4n) is 1.52. The molecule has 1 aliphatic carbocycles. The van der Waals surface area contributed by atoms with Crippen molar-refractivity contribution in [3.8, 4) is 0 Å². The molecule has 3 nitrogen and oxygen atoms in total. The van der Waals surface area contributed by atoms with Gasteiger partial charge in [-0.25, -0.2) is 4.39 Å². The van der Waals surface area contributed by atoms with Crippen molar-refractivity contribution in [2.75, 3.05) is 0 Å². The molecule has 0 bridgehead atoms. The smallest absolute Gasteiger partial charge is 0.284 e. The third kappa shape index (κ3) is 2.24. The van der Waals surface area contributed by atoms with Gasteiger partial charge in [0.25, 0.3) is 0 Å². The quantitative estimate of drug-likeness (QED) is 0.685. The van der Waals surface area contributed by atoms with Gasteiger partial charge in [-0.1, -0.05) is 12.8 Å². The van der Waals surface area contributed by atoms with Crippen LogP contribution in [0.4, 0.5) is 4.39 Å². The molecule has 1 saturated carbocycles. The maximum absolute atomic E-state index is 13.2. The third-order valence-corrected chi connectivity index (χ3v) is 2.83. The van der Waals surface area contributed by atoms with E-state index < -0.39 is 23.1 Å². The van der Waals surface area contributed by atoms with Gasteiger partial charge in [0.15, 0.2) is 0 Å². The Labute approximate surface area is 73.8 Å². The molecule has 0 aromatic rings. The molecule has 0 radical (unpaired) electrons. The second-order valence-corrected chi connectivity index (χ2v) is 3.93. The lowest BCUT2D eigenvalue weighted by atomic mass is 9.85. The Bertz CT molecular complexity index is 187. The van der Waals surface area contributed by atoms with E-state index in [0.29, 0.717) is 12.8 Å². The molecule has 0 aliphatic heterocycles. The normalized spacial score (nSPS) is 39.4. The monoisotopic (exact) mass is 196 g/mol. The van der Waals surface area contributed by atoms with E-state index in [4.69, 9.17) is 4.55 Å². The molecule has 1 fully saturated rings. The first kappa shape index (κ1) is 10.1. The van der Waals surface area contributed by atoms with Gasteiger partial charge in [0.2, 0.25) is 0 Å². The lowest BCUT2D eigenvalue weighted by Crippen LogP contribution is -2.42. The van der Waals surface area contributed by atoms with Gasteiger partial charge in [-0.15, -0.1) is 0 Å². The van der Waals surface area contributed by atoms with Crippen molar-refractivity contribution < 1.29 is 17.3 Å². The first-order chi connectivity index (χ1) is 5.54. The Kier molecular flexibility index (Phi) is 3.20. The fraction of sp³-hybridized carbons (Fsp3) is 1.00. The lowest BCUT2D eigenvalue weighted by Gasteiger charge is -2.34. The summed E-state index contributed by atoms with van der Waals surface area (Å²) in [5.74, 6) is 0. The van der Waals surface area contributed by atoms with Crippen LogP contribution in [0.3, 0.4) is 0 Å². The summed E-state index contributed by atoms with van der Waals surface area (Å²) in [5.41, 5.74) is -1.06. The molecule has 3 unspecified atom stereocenters. The summed E-state index contributed by atoms with van der Waals surface area (Å²) < 4.78 is 36.7. The van der Waals surface area contributed by atoms with Crippen molar-refractivity contribution in [1.29, 1.82) is 0 Å². The van der Waals surface area contributed by atoms with Gasteiger partial charge in [0.1, 0.15) is 11.8 Å². The molecule has 0 aromatic carbocycles. The van der Waals surface area contributed by atoms with Crippen LogP contribution in [0.25, 0.3) is 0 Å². The Morgan fingerprint density at radius 3 is 2.83 bits per heavy atom. The van der Waals surface area contributed by atoms with E-state index in [2.05, 4.69) is 4.18 Å². The molecule has 0 heterocycles. The van der Waals surface area contributed by atoms with Crippen LogP contribution in [0.2, 0.25) is 0 Å². The molecule has 1 N–H and O–H groups in total. The second kappa shape index (κ2) is 3.81. The zero-order valence-electron chi connectivity index (χ0n) is 6.96. The van der Waals surface area contributed by atoms with Crippen LogP contribution >= 0.6 is 0 Å². The van der Waals surface area contributed by atoms with E-state index in [1.807, 2.05) is 0 Å². The Hall–Kier alpha value is -0.0000000000000000278. The predicted octanol–water partition coefficient (Wildman–Crippen LogP) is 1.81. The van der Waals surface area contributed by atoms with Gasteiger partial charge in [0, 0.05) is 0 Å². The predicted molar refractivity (Wildman–Crippen MR) is 43.6 cm³/mol. The summed E-state index contributed by atoms with van der Waals surface area (Å²) in [7, 11) is 0. The standard InChI is InChI=1S/C7H13FO3S/c1-7(11-12(9)10)5-3-2-4-6(7)8/h6H,2-5H2,1H3,(H,9,10). The molecule has 3 atom stereocenters. The Morgan fingerprint density at radius 1 is 1.67 bits per heavy atom. The van der Waals surface area contributed by atoms with Crippen molar-refractivity contribution >= 4 is 11.4 Å². The SMILES string of the molecule is CC1(OS(=O)O)CCCCC1F. The van der Waals surface area contributed by atoms with Crippen LogP contribution in [0.15, 0.2) is 0 Å². The highest BCUT2D eigenvalue weighted by atomic mass is 32.2. The van der Waals surface area contributed by atoms with Crippen molar-refractivity contribution in [2.24, 2.45) is 0 Å². The number of halogens is 1. The van der Waals surface area contributed by atoms with Crippen molar-refractivity contribution in [1.82, 2.24) is 0 Å². The topological polar surface area (TPSA) is 46.5 Å². The lowest BCUT2D eigenvalue weighted by molar-refractivity contribution is -0.0216. The Balaban J connectivity index is 2.59. The molecule has 12 heavy (non-hydrogen) atoms. The van der Waals surface area contributed by atoms with Crippen LogP contribution < -0.4 is 0 Å². The van der Waals surface area contributed by atoms with Crippen molar-refractivity contribution in [3.63, 3.8) is 0 Å². The van der Waals surface area contributed by atoms with Gasteiger partial charge >= 0.3 is 11.4 Å². The summed E-state index contributed by atoms with van der Waals surface area (Å²) in [6, 6.07) is 0. The summed E-state index contributed by atoms with van der Waals surface area (Å²) in [6.45, 7) is 1.55. The number of hydrogen-bond acceptors (Lipinski definition) is 2. The van der Waals surface area contributed by atoms with E-state index in [1.165, 1.54) is 0 Å². The molecule has 0 saturated heterocycles. The molecule has 5 heteroatoms. The molecule has 0 aromatic heterocycles. The zero-order chi connectivity index (χ0) is 9.19. The highest BCUT2D eigenvalue weighted by molar-refractivity contribution is 7.74. The first-order valence-corrected chi connectivity index (χ1v) is 5.02. The van der Waals surface area contributed by atoms with E-state index in [-0.39, 0.29) is 0 Å². The molecule has 1 rings (SSSR count). The molecule has 1 aliphatic rings. The fourth-order valence-corrected chi connectivity index (χ4v) is 2.03. The minimum Gasteiger partial charge on any atom is -0.284 e. The summed E-state index contributed by atoms with van der Waals surface area (Å²) in [5, 5.41) is 0. The maximum atomic E-state index is 13.2. The van der Waals surface area contributed by atoms with Gasteiger partial charge in [-0.05, 0) is 19.8 Å². The van der Waals surface area contributed by atoms with Crippen molar-refractivity contribution in [3.05, 3.63) is 0 Å². The average molecular weight is 196 g/mol. The second-order valence-electron chi connectivity index (χ2n) is 3.33. The highest BCUT2D eigenvalue weighted by Gasteiger charge is 2.39. The highest BCUT2D eigenvalue weighted by Crippen LogP contribution is 2.34. The molecule has 72 valence electrons. The van der Waals surface area contributed by atoms with Gasteiger partial charge in [-0.2, -0.15) is 4.21 Å². The molecule has 0 spiro atoms. The average Bonchev–Trinajstić information content (AvgIpc) is 1.94. The molecule has 0 amide bonds. The van der Waals surface area contributed by atoms with Crippen LogP contribution in [0, 0.1) is 0 Å². The van der Waals surface area contributed by atoms with Crippen molar-refractivity contribution in [2.45, 2.75) is 44.4 Å². The molecular weight excluding hydrogens is 183 g/mol. The number of hydrogen-bond donors (Lipinski definition) is 1. The third-order valence-electron chi connectivity index (χ3n) is 2.31. The first-order valence-electron chi connectivity index (χ1n) is 3.99. The number of alkyl halides is 1. The van der Waals surface area contributed by atoms with Gasteiger partial charge in [0.05, 0.1) is 0 Å². The van der Waals surface area contributed by atoms with Crippen LogP contribution in [0.5, 0.6) is 0 Å². The maximum Gasteiger partial charge on any atom is 0.302 e. The largest absolute Gasteiger partial charge is 0.302 e. The van der Waals surface area contributed by atoms with E-state index in [9.17, 15) is 8.60 Å². The van der Waals surface area contributed by atoms with E-state index in [0.717, 1.165) is 12.8 Å². The van der Waals surface area contributed by atoms with E-state index >= 15 is 0 Å². The zero-order valence-corrected chi connectivity index (χ0v) is 7.77. The molecular formula is C7H13FO3S. The van der Waals surface area contributed by atoms with Crippen LogP contribution in [-0.4, -0.2) is 20.5 Å².